The van der Waals surface area contributed by atoms with E-state index in [-0.39, 0.29) is 12.6 Å². The number of fused-ring (bicyclic) bond motifs is 1. The summed E-state index contributed by atoms with van der Waals surface area (Å²) in [5.41, 5.74) is 4.32. The first-order valence-corrected chi connectivity index (χ1v) is 12.8. The van der Waals surface area contributed by atoms with Crippen LogP contribution in [-0.4, -0.2) is 32.4 Å². The van der Waals surface area contributed by atoms with Crippen LogP contribution in [0.3, 0.4) is 0 Å². The van der Waals surface area contributed by atoms with Crippen molar-refractivity contribution in [2.24, 2.45) is 0 Å². The molecule has 1 saturated heterocycles. The predicted molar refractivity (Wildman–Crippen MR) is 132 cm³/mol. The molecule has 0 unspecified atom stereocenters. The molecule has 34 heavy (non-hydrogen) atoms. The van der Waals surface area contributed by atoms with Crippen molar-refractivity contribution in [2.75, 3.05) is 26.4 Å². The Bertz CT molecular complexity index is 1110. The number of ether oxygens (including phenoxy) is 4. The highest BCUT2D eigenvalue weighted by Crippen LogP contribution is 2.37. The van der Waals surface area contributed by atoms with Crippen LogP contribution in [0.25, 0.3) is 10.4 Å². The van der Waals surface area contributed by atoms with E-state index in [9.17, 15) is 4.79 Å². The molecule has 6 heteroatoms. The SMILES string of the molecule is CCOC(=O)COC1(c2ccc(OCc3cccc(-c4cc5c(s4)CCCC5)c3)cc2)COC1. The maximum atomic E-state index is 11.7. The highest BCUT2D eigenvalue weighted by Gasteiger charge is 2.42. The Balaban J connectivity index is 1.21. The normalized spacial score (nSPS) is 16.4. The van der Waals surface area contributed by atoms with Gasteiger partial charge in [-0.2, -0.15) is 0 Å². The van der Waals surface area contributed by atoms with Crippen LogP contribution < -0.4 is 4.74 Å². The first-order chi connectivity index (χ1) is 16.6. The molecule has 178 valence electrons. The zero-order chi connectivity index (χ0) is 23.4. The van der Waals surface area contributed by atoms with Crippen molar-refractivity contribution in [3.63, 3.8) is 0 Å². The lowest BCUT2D eigenvalue weighted by molar-refractivity contribution is -0.221. The average Bonchev–Trinajstić information content (AvgIpc) is 3.28. The Morgan fingerprint density at radius 1 is 1.06 bits per heavy atom. The number of thiophene rings is 1. The summed E-state index contributed by atoms with van der Waals surface area (Å²) in [7, 11) is 0. The Kier molecular flexibility index (Phi) is 6.99. The topological polar surface area (TPSA) is 54.0 Å². The van der Waals surface area contributed by atoms with Crippen molar-refractivity contribution in [3.8, 4) is 16.2 Å². The van der Waals surface area contributed by atoms with E-state index in [1.807, 2.05) is 35.6 Å². The monoisotopic (exact) mass is 478 g/mol. The summed E-state index contributed by atoms with van der Waals surface area (Å²) in [5, 5.41) is 0. The fourth-order valence-corrected chi connectivity index (χ4v) is 5.74. The molecule has 0 radical (unpaired) electrons. The van der Waals surface area contributed by atoms with Crippen LogP contribution in [-0.2, 0) is 44.1 Å². The molecule has 2 aliphatic rings. The van der Waals surface area contributed by atoms with E-state index in [0.29, 0.717) is 26.4 Å². The van der Waals surface area contributed by atoms with Gasteiger partial charge in [0.15, 0.2) is 0 Å². The van der Waals surface area contributed by atoms with E-state index >= 15 is 0 Å². The second-order valence-corrected chi connectivity index (χ2v) is 10.00. The van der Waals surface area contributed by atoms with Gasteiger partial charge in [0.05, 0.1) is 19.8 Å². The minimum Gasteiger partial charge on any atom is -0.489 e. The lowest BCUT2D eigenvalue weighted by Gasteiger charge is -2.41. The summed E-state index contributed by atoms with van der Waals surface area (Å²) >= 11 is 1.94. The van der Waals surface area contributed by atoms with Gasteiger partial charge in [-0.1, -0.05) is 30.3 Å². The average molecular weight is 479 g/mol. The largest absolute Gasteiger partial charge is 0.489 e. The van der Waals surface area contributed by atoms with Gasteiger partial charge in [0, 0.05) is 9.75 Å². The van der Waals surface area contributed by atoms with Gasteiger partial charge in [-0.3, -0.25) is 0 Å². The zero-order valence-corrected chi connectivity index (χ0v) is 20.3. The van der Waals surface area contributed by atoms with Crippen molar-refractivity contribution in [1.82, 2.24) is 0 Å². The third-order valence-electron chi connectivity index (χ3n) is 6.44. The smallest absolute Gasteiger partial charge is 0.332 e. The molecule has 2 heterocycles. The van der Waals surface area contributed by atoms with Gasteiger partial charge in [-0.05, 0) is 79.1 Å². The van der Waals surface area contributed by atoms with E-state index in [1.54, 1.807) is 11.8 Å². The zero-order valence-electron chi connectivity index (χ0n) is 19.5. The lowest BCUT2D eigenvalue weighted by Crippen LogP contribution is -2.49. The maximum absolute atomic E-state index is 11.7. The number of carbonyl (C=O) groups excluding carboxylic acids is 1. The van der Waals surface area contributed by atoms with Crippen LogP contribution >= 0.6 is 11.3 Å². The third kappa shape index (κ3) is 5.04. The number of rotatable bonds is 9. The minimum absolute atomic E-state index is 0.0843. The molecule has 1 aliphatic carbocycles. The molecule has 0 bridgehead atoms. The summed E-state index contributed by atoms with van der Waals surface area (Å²) in [6.07, 6.45) is 5.05. The van der Waals surface area contributed by atoms with E-state index in [0.717, 1.165) is 16.9 Å². The van der Waals surface area contributed by atoms with Crippen molar-refractivity contribution in [2.45, 2.75) is 44.8 Å². The summed E-state index contributed by atoms with van der Waals surface area (Å²) in [5.74, 6) is 0.431. The van der Waals surface area contributed by atoms with Crippen molar-refractivity contribution < 1.29 is 23.7 Å². The highest BCUT2D eigenvalue weighted by atomic mass is 32.1. The molecular weight excluding hydrogens is 448 g/mol. The maximum Gasteiger partial charge on any atom is 0.332 e. The van der Waals surface area contributed by atoms with Gasteiger partial charge in [-0.15, -0.1) is 11.3 Å². The van der Waals surface area contributed by atoms with Crippen LogP contribution in [0.2, 0.25) is 0 Å². The third-order valence-corrected chi connectivity index (χ3v) is 7.72. The molecule has 5 rings (SSSR count). The number of hydrogen-bond acceptors (Lipinski definition) is 6. The van der Waals surface area contributed by atoms with E-state index in [2.05, 4.69) is 30.3 Å². The molecule has 0 amide bonds. The molecular formula is C28H30O5S. The lowest BCUT2D eigenvalue weighted by atomic mass is 9.91. The molecule has 1 aromatic heterocycles. The highest BCUT2D eigenvalue weighted by molar-refractivity contribution is 7.15. The number of aryl methyl sites for hydroxylation is 2. The fraction of sp³-hybridized carbons (Fsp3) is 0.393. The number of carbonyl (C=O) groups is 1. The van der Waals surface area contributed by atoms with E-state index in [4.69, 9.17) is 18.9 Å². The van der Waals surface area contributed by atoms with Crippen LogP contribution in [0, 0.1) is 0 Å². The van der Waals surface area contributed by atoms with Crippen LogP contribution in [0.1, 0.15) is 41.3 Å². The van der Waals surface area contributed by atoms with Gasteiger partial charge >= 0.3 is 5.97 Å². The van der Waals surface area contributed by atoms with E-state index in [1.165, 1.54) is 41.7 Å². The second kappa shape index (κ2) is 10.3. The Morgan fingerprint density at radius 3 is 2.62 bits per heavy atom. The van der Waals surface area contributed by atoms with Gasteiger partial charge in [0.25, 0.3) is 0 Å². The quantitative estimate of drug-likeness (QED) is 0.371. The summed E-state index contributed by atoms with van der Waals surface area (Å²) < 4.78 is 22.3. The first-order valence-electron chi connectivity index (χ1n) is 12.0. The molecule has 5 nitrogen and oxygen atoms in total. The van der Waals surface area contributed by atoms with Gasteiger partial charge in [-0.25, -0.2) is 4.79 Å². The predicted octanol–water partition coefficient (Wildman–Crippen LogP) is 5.68. The van der Waals surface area contributed by atoms with Gasteiger partial charge in [0.1, 0.15) is 24.6 Å². The number of benzene rings is 2. The van der Waals surface area contributed by atoms with Crippen molar-refractivity contribution in [1.29, 1.82) is 0 Å². The molecule has 1 aliphatic heterocycles. The molecule has 1 fully saturated rings. The van der Waals surface area contributed by atoms with Gasteiger partial charge in [0.2, 0.25) is 0 Å². The molecule has 0 spiro atoms. The first kappa shape index (κ1) is 23.1. The minimum atomic E-state index is -0.598. The molecule has 0 N–H and O–H groups in total. The molecule has 0 saturated carbocycles. The molecule has 0 atom stereocenters. The molecule has 2 aromatic carbocycles. The summed E-state index contributed by atoms with van der Waals surface area (Å²) in [4.78, 5) is 14.6. The number of esters is 1. The Hall–Kier alpha value is -2.67. The van der Waals surface area contributed by atoms with Crippen molar-refractivity contribution >= 4 is 17.3 Å². The number of hydrogen-bond donors (Lipinski definition) is 0. The second-order valence-electron chi connectivity index (χ2n) is 8.86. The summed E-state index contributed by atoms with van der Waals surface area (Å²) in [6, 6.07) is 18.9. The van der Waals surface area contributed by atoms with Crippen molar-refractivity contribution in [3.05, 3.63) is 76.2 Å². The summed E-state index contributed by atoms with van der Waals surface area (Å²) in [6.45, 7) is 3.39. The van der Waals surface area contributed by atoms with Gasteiger partial charge < -0.3 is 18.9 Å². The van der Waals surface area contributed by atoms with Crippen LogP contribution in [0.5, 0.6) is 5.75 Å². The fourth-order valence-electron chi connectivity index (χ4n) is 4.49. The van der Waals surface area contributed by atoms with Crippen LogP contribution in [0.15, 0.2) is 54.6 Å². The Labute approximate surface area is 204 Å². The van der Waals surface area contributed by atoms with E-state index < -0.39 is 5.60 Å². The Morgan fingerprint density at radius 2 is 1.88 bits per heavy atom. The molecule has 3 aromatic rings. The standard InChI is InChI=1S/C28H30O5S/c1-2-31-27(29)17-33-28(18-30-19-28)23-10-12-24(13-11-23)32-16-20-6-5-8-21(14-20)26-15-22-7-3-4-9-25(22)34-26/h5-6,8,10-15H,2-4,7,9,16-19H2,1H3. The van der Waals surface area contributed by atoms with Crippen LogP contribution in [0.4, 0.5) is 0 Å².